The van der Waals surface area contributed by atoms with E-state index in [9.17, 15) is 4.79 Å². The summed E-state index contributed by atoms with van der Waals surface area (Å²) in [5.41, 5.74) is 6.88. The van der Waals surface area contributed by atoms with Crippen molar-refractivity contribution >= 4 is 28.9 Å². The number of anilines is 2. The molecule has 0 spiro atoms. The molecule has 1 aromatic carbocycles. The Hall–Kier alpha value is -1.26. The van der Waals surface area contributed by atoms with E-state index in [1.807, 2.05) is 0 Å². The molecule has 1 aromatic rings. The molecule has 4 nitrogen and oxygen atoms in total. The minimum atomic E-state index is 0.0168. The van der Waals surface area contributed by atoms with E-state index in [1.54, 1.807) is 18.2 Å². The van der Waals surface area contributed by atoms with Gasteiger partial charge in [0.2, 0.25) is 5.91 Å². The summed E-state index contributed by atoms with van der Waals surface area (Å²) in [6, 6.07) is 5.86. The minimum Gasteiger partial charge on any atom is -0.399 e. The number of carbonyl (C=O) groups excluding carboxylic acids is 1. The van der Waals surface area contributed by atoms with Crippen LogP contribution in [-0.2, 0) is 4.79 Å². The highest BCUT2D eigenvalue weighted by molar-refractivity contribution is 6.34. The molecule has 2 saturated carbocycles. The molecule has 114 valence electrons. The van der Waals surface area contributed by atoms with E-state index in [0.717, 1.165) is 18.5 Å². The molecule has 0 atom stereocenters. The Labute approximate surface area is 130 Å². The average molecular weight is 308 g/mol. The maximum Gasteiger partial charge on any atom is 0.225 e. The third kappa shape index (κ3) is 4.35. The maximum atomic E-state index is 12.1. The Balaban J connectivity index is 1.48. The van der Waals surface area contributed by atoms with Crippen molar-refractivity contribution in [1.82, 2.24) is 4.90 Å². The molecule has 21 heavy (non-hydrogen) atoms. The van der Waals surface area contributed by atoms with Crippen LogP contribution in [0.25, 0.3) is 0 Å². The van der Waals surface area contributed by atoms with Gasteiger partial charge in [-0.05, 0) is 49.8 Å². The monoisotopic (exact) mass is 307 g/mol. The second-order valence-corrected chi connectivity index (χ2v) is 6.61. The van der Waals surface area contributed by atoms with Crippen molar-refractivity contribution < 1.29 is 4.79 Å². The molecule has 0 bridgehead atoms. The lowest BCUT2D eigenvalue weighted by Crippen LogP contribution is -2.31. The molecule has 0 unspecified atom stereocenters. The quantitative estimate of drug-likeness (QED) is 0.761. The number of hydrogen-bond acceptors (Lipinski definition) is 3. The number of amides is 1. The first-order valence-corrected chi connectivity index (χ1v) is 8.08. The third-order valence-corrected chi connectivity index (χ3v) is 4.46. The van der Waals surface area contributed by atoms with E-state index in [2.05, 4.69) is 10.2 Å². The highest BCUT2D eigenvalue weighted by atomic mass is 35.5. The smallest absolute Gasteiger partial charge is 0.225 e. The number of carbonyl (C=O) groups is 1. The first-order valence-electron chi connectivity index (χ1n) is 7.71. The van der Waals surface area contributed by atoms with Gasteiger partial charge in [0.1, 0.15) is 0 Å². The lowest BCUT2D eigenvalue weighted by atomic mass is 10.2. The fourth-order valence-corrected chi connectivity index (χ4v) is 2.82. The van der Waals surface area contributed by atoms with Crippen molar-refractivity contribution in [1.29, 1.82) is 0 Å². The zero-order valence-corrected chi connectivity index (χ0v) is 12.9. The Morgan fingerprint density at radius 3 is 2.71 bits per heavy atom. The highest BCUT2D eigenvalue weighted by Gasteiger charge is 2.33. The second-order valence-electron chi connectivity index (χ2n) is 6.21. The standard InChI is InChI=1S/C16H22ClN3O/c17-14-9-12(18)3-6-15(14)19-16(21)7-8-20(13-4-5-13)10-11-1-2-11/h3,6,9,11,13H,1-2,4-5,7-8,10,18H2,(H,19,21). The van der Waals surface area contributed by atoms with Crippen molar-refractivity contribution in [2.75, 3.05) is 24.1 Å². The molecule has 5 heteroatoms. The van der Waals surface area contributed by atoms with Gasteiger partial charge in [0.15, 0.2) is 0 Å². The summed E-state index contributed by atoms with van der Waals surface area (Å²) < 4.78 is 0. The number of hydrogen-bond donors (Lipinski definition) is 2. The molecular formula is C16H22ClN3O. The largest absolute Gasteiger partial charge is 0.399 e. The van der Waals surface area contributed by atoms with Gasteiger partial charge in [0.05, 0.1) is 10.7 Å². The van der Waals surface area contributed by atoms with Crippen LogP contribution in [-0.4, -0.2) is 29.9 Å². The van der Waals surface area contributed by atoms with E-state index < -0.39 is 0 Å². The Morgan fingerprint density at radius 1 is 1.33 bits per heavy atom. The predicted molar refractivity (Wildman–Crippen MR) is 86.4 cm³/mol. The summed E-state index contributed by atoms with van der Waals surface area (Å²) in [6.45, 7) is 2.01. The van der Waals surface area contributed by atoms with Crippen LogP contribution in [0.15, 0.2) is 18.2 Å². The van der Waals surface area contributed by atoms with Crippen LogP contribution in [0.5, 0.6) is 0 Å². The summed E-state index contributed by atoms with van der Waals surface area (Å²) in [7, 11) is 0. The number of benzene rings is 1. The fourth-order valence-electron chi connectivity index (χ4n) is 2.59. The number of nitrogens with two attached hydrogens (primary N) is 1. The number of nitrogen functional groups attached to an aromatic ring is 1. The van der Waals surface area contributed by atoms with E-state index >= 15 is 0 Å². The van der Waals surface area contributed by atoms with E-state index in [-0.39, 0.29) is 5.91 Å². The molecule has 0 saturated heterocycles. The van der Waals surface area contributed by atoms with Gasteiger partial charge in [-0.3, -0.25) is 9.69 Å². The van der Waals surface area contributed by atoms with Gasteiger partial charge >= 0.3 is 0 Å². The molecule has 1 amide bonds. The van der Waals surface area contributed by atoms with E-state index in [4.69, 9.17) is 17.3 Å². The third-order valence-electron chi connectivity index (χ3n) is 4.15. The number of nitrogens with one attached hydrogen (secondary N) is 1. The molecule has 0 radical (unpaired) electrons. The summed E-state index contributed by atoms with van der Waals surface area (Å²) in [6.07, 6.45) is 5.81. The van der Waals surface area contributed by atoms with Gasteiger partial charge in [0, 0.05) is 31.2 Å². The number of nitrogens with zero attached hydrogens (tertiary/aromatic N) is 1. The number of halogens is 1. The van der Waals surface area contributed by atoms with Gasteiger partial charge in [-0.25, -0.2) is 0 Å². The highest BCUT2D eigenvalue weighted by Crippen LogP contribution is 2.34. The molecular weight excluding hydrogens is 286 g/mol. The van der Waals surface area contributed by atoms with Gasteiger partial charge < -0.3 is 11.1 Å². The van der Waals surface area contributed by atoms with Crippen molar-refractivity contribution in [3.05, 3.63) is 23.2 Å². The van der Waals surface area contributed by atoms with Crippen molar-refractivity contribution in [3.8, 4) is 0 Å². The first kappa shape index (κ1) is 14.7. The average Bonchev–Trinajstić information content (AvgIpc) is 3.30. The predicted octanol–water partition coefficient (Wildman–Crippen LogP) is 3.13. The fraction of sp³-hybridized carbons (Fsp3) is 0.562. The van der Waals surface area contributed by atoms with Crippen molar-refractivity contribution in [2.24, 2.45) is 5.92 Å². The lowest BCUT2D eigenvalue weighted by molar-refractivity contribution is -0.116. The van der Waals surface area contributed by atoms with E-state index in [0.29, 0.717) is 22.8 Å². The van der Waals surface area contributed by atoms with Crippen molar-refractivity contribution in [3.63, 3.8) is 0 Å². The van der Waals surface area contributed by atoms with E-state index in [1.165, 1.54) is 32.2 Å². The summed E-state index contributed by atoms with van der Waals surface area (Å²) in [5.74, 6) is 0.892. The molecule has 0 aliphatic heterocycles. The normalized spacial score (nSPS) is 18.0. The molecule has 3 N–H and O–H groups in total. The number of rotatable bonds is 7. The van der Waals surface area contributed by atoms with Gasteiger partial charge in [-0.1, -0.05) is 11.6 Å². The zero-order valence-electron chi connectivity index (χ0n) is 12.1. The molecule has 0 heterocycles. The maximum absolute atomic E-state index is 12.1. The van der Waals surface area contributed by atoms with Crippen LogP contribution in [0.1, 0.15) is 32.1 Å². The Morgan fingerprint density at radius 2 is 2.10 bits per heavy atom. The minimum absolute atomic E-state index is 0.0168. The van der Waals surface area contributed by atoms with Crippen LogP contribution in [0.3, 0.4) is 0 Å². The van der Waals surface area contributed by atoms with Gasteiger partial charge in [-0.15, -0.1) is 0 Å². The van der Waals surface area contributed by atoms with Crippen LogP contribution in [0.2, 0.25) is 5.02 Å². The molecule has 2 aliphatic rings. The van der Waals surface area contributed by atoms with Crippen LogP contribution in [0.4, 0.5) is 11.4 Å². The second kappa shape index (κ2) is 6.24. The summed E-state index contributed by atoms with van der Waals surface area (Å²) in [4.78, 5) is 14.6. The Bertz CT molecular complexity index is 526. The SMILES string of the molecule is Nc1ccc(NC(=O)CCN(CC2CC2)C2CC2)c(Cl)c1. The van der Waals surface area contributed by atoms with Crippen molar-refractivity contribution in [2.45, 2.75) is 38.1 Å². The van der Waals surface area contributed by atoms with Crippen LogP contribution >= 0.6 is 11.6 Å². The molecule has 0 aromatic heterocycles. The zero-order chi connectivity index (χ0) is 14.8. The summed E-state index contributed by atoms with van der Waals surface area (Å²) >= 11 is 6.07. The van der Waals surface area contributed by atoms with Gasteiger partial charge in [0.25, 0.3) is 0 Å². The molecule has 3 rings (SSSR count). The molecule has 2 aliphatic carbocycles. The van der Waals surface area contributed by atoms with Crippen LogP contribution < -0.4 is 11.1 Å². The van der Waals surface area contributed by atoms with Gasteiger partial charge in [-0.2, -0.15) is 0 Å². The first-order chi connectivity index (χ1) is 10.1. The topological polar surface area (TPSA) is 58.4 Å². The Kier molecular flexibility index (Phi) is 4.36. The lowest BCUT2D eigenvalue weighted by Gasteiger charge is -2.21. The molecule has 2 fully saturated rings. The van der Waals surface area contributed by atoms with Crippen LogP contribution in [0, 0.1) is 5.92 Å². The summed E-state index contributed by atoms with van der Waals surface area (Å²) in [5, 5.41) is 3.35.